The third-order valence-corrected chi connectivity index (χ3v) is 4.52. The van der Waals surface area contributed by atoms with E-state index in [-0.39, 0.29) is 0 Å². The van der Waals surface area contributed by atoms with Crippen molar-refractivity contribution in [3.8, 4) is 28.4 Å². The van der Waals surface area contributed by atoms with Crippen LogP contribution in [0.25, 0.3) is 39.1 Å². The molecule has 0 aliphatic heterocycles. The van der Waals surface area contributed by atoms with Crippen LogP contribution in [0.2, 0.25) is 0 Å². The van der Waals surface area contributed by atoms with Crippen molar-refractivity contribution in [2.45, 2.75) is 6.92 Å². The molecule has 0 aliphatic carbocycles. The number of hydrogen-bond donors (Lipinski definition) is 0. The normalized spacial score (nSPS) is 11.2. The van der Waals surface area contributed by atoms with Crippen molar-refractivity contribution in [3.05, 3.63) is 67.5 Å². The van der Waals surface area contributed by atoms with E-state index in [4.69, 9.17) is 4.74 Å². The van der Waals surface area contributed by atoms with Gasteiger partial charge >= 0.3 is 6.01 Å². The molecule has 7 heteroatoms. The maximum absolute atomic E-state index is 5.30. The van der Waals surface area contributed by atoms with Gasteiger partial charge in [-0.15, -0.1) is 0 Å². The Kier molecular flexibility index (Phi) is 3.90. The van der Waals surface area contributed by atoms with Gasteiger partial charge < -0.3 is 4.74 Å². The zero-order valence-corrected chi connectivity index (χ0v) is 15.1. The third-order valence-electron chi connectivity index (χ3n) is 4.52. The highest BCUT2D eigenvalue weighted by atomic mass is 16.5. The molecular weight excluding hydrogens is 352 g/mol. The lowest BCUT2D eigenvalue weighted by Crippen LogP contribution is -1.97. The smallest absolute Gasteiger partial charge is 0.316 e. The number of fused-ring (bicyclic) bond motifs is 2. The molecule has 0 radical (unpaired) electrons. The molecule has 0 saturated carbocycles. The molecule has 0 spiro atoms. The summed E-state index contributed by atoms with van der Waals surface area (Å²) in [6.45, 7) is 2.45. The van der Waals surface area contributed by atoms with Crippen molar-refractivity contribution in [2.75, 3.05) is 6.61 Å². The van der Waals surface area contributed by atoms with Crippen LogP contribution in [-0.2, 0) is 0 Å². The highest BCUT2D eigenvalue weighted by Crippen LogP contribution is 2.28. The Hall–Kier alpha value is -3.87. The second-order valence-corrected chi connectivity index (χ2v) is 6.20. The zero-order valence-electron chi connectivity index (χ0n) is 15.1. The number of pyridine rings is 3. The summed E-state index contributed by atoms with van der Waals surface area (Å²) in [7, 11) is 0. The summed E-state index contributed by atoms with van der Waals surface area (Å²) in [5.74, 6) is 0. The van der Waals surface area contributed by atoms with Crippen molar-refractivity contribution in [2.24, 2.45) is 0 Å². The first-order valence-corrected chi connectivity index (χ1v) is 8.96. The van der Waals surface area contributed by atoms with E-state index in [2.05, 4.69) is 24.9 Å². The lowest BCUT2D eigenvalue weighted by molar-refractivity contribution is 0.312. The van der Waals surface area contributed by atoms with Crippen LogP contribution >= 0.6 is 0 Å². The zero-order chi connectivity index (χ0) is 18.9. The lowest BCUT2D eigenvalue weighted by Gasteiger charge is -2.07. The monoisotopic (exact) mass is 368 g/mol. The number of imidazole rings is 1. The molecule has 7 nitrogen and oxygen atoms in total. The molecule has 136 valence electrons. The second-order valence-electron chi connectivity index (χ2n) is 6.20. The maximum Gasteiger partial charge on any atom is 0.316 e. The minimum absolute atomic E-state index is 0.382. The van der Waals surface area contributed by atoms with E-state index < -0.39 is 0 Å². The van der Waals surface area contributed by atoms with Crippen LogP contribution < -0.4 is 4.74 Å². The first-order chi connectivity index (χ1) is 13.8. The molecule has 5 heterocycles. The van der Waals surface area contributed by atoms with Gasteiger partial charge in [0.05, 0.1) is 29.5 Å². The topological polar surface area (TPSA) is 78.1 Å². The van der Waals surface area contributed by atoms with Crippen LogP contribution in [0.3, 0.4) is 0 Å². The van der Waals surface area contributed by atoms with Crippen LogP contribution in [0.4, 0.5) is 0 Å². The minimum Gasteiger partial charge on any atom is -0.464 e. The van der Waals surface area contributed by atoms with E-state index in [1.54, 1.807) is 24.8 Å². The molecule has 0 aliphatic rings. The first kappa shape index (κ1) is 16.3. The summed E-state index contributed by atoms with van der Waals surface area (Å²) in [6.07, 6.45) is 10.9. The molecule has 0 unspecified atom stereocenters. The first-order valence-electron chi connectivity index (χ1n) is 8.96. The van der Waals surface area contributed by atoms with Crippen molar-refractivity contribution >= 4 is 16.7 Å². The predicted molar refractivity (Wildman–Crippen MR) is 106 cm³/mol. The Morgan fingerprint density at radius 1 is 0.893 bits per heavy atom. The number of rotatable bonds is 4. The van der Waals surface area contributed by atoms with E-state index >= 15 is 0 Å². The van der Waals surface area contributed by atoms with Crippen LogP contribution in [-0.4, -0.2) is 35.9 Å². The summed E-state index contributed by atoms with van der Waals surface area (Å²) in [5, 5.41) is 0. The summed E-state index contributed by atoms with van der Waals surface area (Å²) in [6, 6.07) is 10.2. The fraction of sp³-hybridized carbons (Fsp3) is 0.0952. The lowest BCUT2D eigenvalue weighted by atomic mass is 10.1. The molecule has 5 aromatic rings. The molecule has 5 aromatic heterocycles. The van der Waals surface area contributed by atoms with Crippen LogP contribution in [0.1, 0.15) is 6.92 Å². The predicted octanol–water partition coefficient (Wildman–Crippen LogP) is 3.80. The van der Waals surface area contributed by atoms with Gasteiger partial charge in [0, 0.05) is 42.1 Å². The molecule has 0 N–H and O–H groups in total. The van der Waals surface area contributed by atoms with Crippen molar-refractivity contribution in [1.82, 2.24) is 29.3 Å². The van der Waals surface area contributed by atoms with Crippen molar-refractivity contribution < 1.29 is 4.74 Å². The Bertz CT molecular complexity index is 1270. The van der Waals surface area contributed by atoms with Gasteiger partial charge in [0.15, 0.2) is 0 Å². The molecule has 0 bridgehead atoms. The Labute approximate surface area is 160 Å². The third kappa shape index (κ3) is 2.73. The largest absolute Gasteiger partial charge is 0.464 e. The van der Waals surface area contributed by atoms with Gasteiger partial charge in [0.1, 0.15) is 5.65 Å². The van der Waals surface area contributed by atoms with Gasteiger partial charge in [-0.1, -0.05) is 0 Å². The second kappa shape index (κ2) is 6.70. The summed E-state index contributed by atoms with van der Waals surface area (Å²) < 4.78 is 7.35. The number of hydrogen-bond acceptors (Lipinski definition) is 6. The van der Waals surface area contributed by atoms with Gasteiger partial charge in [-0.2, -0.15) is 0 Å². The van der Waals surface area contributed by atoms with E-state index in [1.165, 1.54) is 0 Å². The van der Waals surface area contributed by atoms with Gasteiger partial charge in [0.2, 0.25) is 0 Å². The molecular formula is C21H16N6O. The standard InChI is InChI=1S/C21H16N6O/c1-2-28-21-25-11-15(12-26-21)14-6-9-27-18(13-24-19(27)10-14)16-5-8-22-17-4-3-7-23-20(16)17/h3-13H,2H2,1H3. The Balaban J connectivity index is 1.58. The molecule has 0 saturated heterocycles. The maximum atomic E-state index is 5.30. The fourth-order valence-corrected chi connectivity index (χ4v) is 3.21. The van der Waals surface area contributed by atoms with Gasteiger partial charge in [-0.3, -0.25) is 14.4 Å². The minimum atomic E-state index is 0.382. The highest BCUT2D eigenvalue weighted by Gasteiger charge is 2.12. The number of nitrogens with zero attached hydrogens (tertiary/aromatic N) is 6. The van der Waals surface area contributed by atoms with E-state index in [9.17, 15) is 0 Å². The quantitative estimate of drug-likeness (QED) is 0.480. The molecule has 5 rings (SSSR count). The van der Waals surface area contributed by atoms with Crippen LogP contribution in [0.15, 0.2) is 67.5 Å². The van der Waals surface area contributed by atoms with Gasteiger partial charge in [-0.25, -0.2) is 15.0 Å². The van der Waals surface area contributed by atoms with Crippen molar-refractivity contribution in [3.63, 3.8) is 0 Å². The molecule has 0 fully saturated rings. The van der Waals surface area contributed by atoms with E-state index in [1.807, 2.05) is 54.0 Å². The molecule has 0 aromatic carbocycles. The number of aromatic nitrogens is 6. The molecule has 0 amide bonds. The summed E-state index contributed by atoms with van der Waals surface area (Å²) >= 11 is 0. The fourth-order valence-electron chi connectivity index (χ4n) is 3.21. The summed E-state index contributed by atoms with van der Waals surface area (Å²) in [5.41, 5.74) is 6.42. The van der Waals surface area contributed by atoms with E-state index in [0.717, 1.165) is 39.1 Å². The highest BCUT2D eigenvalue weighted by molar-refractivity contribution is 5.90. The summed E-state index contributed by atoms with van der Waals surface area (Å²) in [4.78, 5) is 21.9. The van der Waals surface area contributed by atoms with Crippen LogP contribution in [0.5, 0.6) is 6.01 Å². The average Bonchev–Trinajstić information content (AvgIpc) is 3.17. The SMILES string of the molecule is CCOc1ncc(-c2ccn3c(-c4ccnc5cccnc45)cnc3c2)cn1. The van der Waals surface area contributed by atoms with Gasteiger partial charge in [0.25, 0.3) is 0 Å². The van der Waals surface area contributed by atoms with E-state index in [0.29, 0.717) is 12.6 Å². The Morgan fingerprint density at radius 2 is 1.79 bits per heavy atom. The molecule has 28 heavy (non-hydrogen) atoms. The Morgan fingerprint density at radius 3 is 2.64 bits per heavy atom. The average molecular weight is 368 g/mol. The van der Waals surface area contributed by atoms with Crippen molar-refractivity contribution in [1.29, 1.82) is 0 Å². The van der Waals surface area contributed by atoms with Crippen LogP contribution in [0, 0.1) is 0 Å². The number of ether oxygens (including phenoxy) is 1. The van der Waals surface area contributed by atoms with Gasteiger partial charge in [-0.05, 0) is 42.8 Å². The molecule has 0 atom stereocenters.